The van der Waals surface area contributed by atoms with Crippen LogP contribution < -0.4 is 10.6 Å². The van der Waals surface area contributed by atoms with Gasteiger partial charge in [-0.2, -0.15) is 0 Å². The van der Waals surface area contributed by atoms with Crippen LogP contribution >= 0.6 is 11.8 Å². The Kier molecular flexibility index (Phi) is 8.21. The highest BCUT2D eigenvalue weighted by molar-refractivity contribution is 7.99. The van der Waals surface area contributed by atoms with E-state index < -0.39 is 10.8 Å². The SMILES string of the molecule is CNC(=O)c1cccc(CNC(=O)c2ccc(SCCC(C)C)c([N+](=O)[O-])c2)c1. The highest BCUT2D eigenvalue weighted by Crippen LogP contribution is 2.31. The number of amides is 2. The Labute approximate surface area is 174 Å². The third-order valence-corrected chi connectivity index (χ3v) is 5.34. The molecule has 8 heteroatoms. The van der Waals surface area contributed by atoms with Gasteiger partial charge in [0.25, 0.3) is 17.5 Å². The summed E-state index contributed by atoms with van der Waals surface area (Å²) in [6, 6.07) is 11.4. The second-order valence-corrected chi connectivity index (χ2v) is 8.07. The molecule has 0 saturated heterocycles. The van der Waals surface area contributed by atoms with Gasteiger partial charge in [-0.3, -0.25) is 19.7 Å². The van der Waals surface area contributed by atoms with E-state index in [9.17, 15) is 19.7 Å². The van der Waals surface area contributed by atoms with Crippen LogP contribution in [-0.2, 0) is 6.54 Å². The van der Waals surface area contributed by atoms with Crippen LogP contribution in [0.5, 0.6) is 0 Å². The van der Waals surface area contributed by atoms with Crippen LogP contribution in [0.2, 0.25) is 0 Å². The summed E-state index contributed by atoms with van der Waals surface area (Å²) in [5.41, 5.74) is 1.42. The summed E-state index contributed by atoms with van der Waals surface area (Å²) < 4.78 is 0. The molecule has 0 aromatic heterocycles. The highest BCUT2D eigenvalue weighted by atomic mass is 32.2. The zero-order chi connectivity index (χ0) is 21.4. The van der Waals surface area contributed by atoms with Crippen molar-refractivity contribution in [2.24, 2.45) is 5.92 Å². The normalized spacial score (nSPS) is 10.6. The highest BCUT2D eigenvalue weighted by Gasteiger charge is 2.18. The van der Waals surface area contributed by atoms with E-state index in [1.165, 1.54) is 17.8 Å². The van der Waals surface area contributed by atoms with Crippen LogP contribution in [0.25, 0.3) is 0 Å². The van der Waals surface area contributed by atoms with Crippen LogP contribution in [0.4, 0.5) is 5.69 Å². The minimum atomic E-state index is -0.457. The first-order valence-electron chi connectivity index (χ1n) is 9.32. The number of carbonyl (C=O) groups excluding carboxylic acids is 2. The van der Waals surface area contributed by atoms with Gasteiger partial charge in [0.05, 0.1) is 9.82 Å². The summed E-state index contributed by atoms with van der Waals surface area (Å²) >= 11 is 1.43. The van der Waals surface area contributed by atoms with Gasteiger partial charge in [0.2, 0.25) is 0 Å². The average molecular weight is 416 g/mol. The molecule has 2 N–H and O–H groups in total. The topological polar surface area (TPSA) is 101 Å². The van der Waals surface area contributed by atoms with Gasteiger partial charge in [-0.1, -0.05) is 26.0 Å². The number of thioether (sulfide) groups is 1. The number of nitrogens with one attached hydrogen (secondary N) is 2. The van der Waals surface area contributed by atoms with Crippen LogP contribution in [0, 0.1) is 16.0 Å². The smallest absolute Gasteiger partial charge is 0.283 e. The molecule has 29 heavy (non-hydrogen) atoms. The van der Waals surface area contributed by atoms with Crippen molar-refractivity contribution in [3.8, 4) is 0 Å². The van der Waals surface area contributed by atoms with E-state index in [2.05, 4.69) is 24.5 Å². The predicted octanol–water partition coefficient (Wildman–Crippen LogP) is 4.02. The molecule has 2 rings (SSSR count). The first kappa shape index (κ1) is 22.4. The van der Waals surface area contributed by atoms with Crippen molar-refractivity contribution in [1.29, 1.82) is 0 Å². The maximum Gasteiger partial charge on any atom is 0.283 e. The van der Waals surface area contributed by atoms with Gasteiger partial charge >= 0.3 is 0 Å². The van der Waals surface area contributed by atoms with Gasteiger partial charge in [0.1, 0.15) is 0 Å². The fourth-order valence-electron chi connectivity index (χ4n) is 2.58. The fourth-order valence-corrected chi connectivity index (χ4v) is 3.83. The molecule has 2 aromatic rings. The number of nitrogens with zero attached hydrogens (tertiary/aromatic N) is 1. The largest absolute Gasteiger partial charge is 0.355 e. The van der Waals surface area contributed by atoms with Gasteiger partial charge in [-0.15, -0.1) is 11.8 Å². The van der Waals surface area contributed by atoms with E-state index >= 15 is 0 Å². The van der Waals surface area contributed by atoms with Crippen LogP contribution in [-0.4, -0.2) is 29.5 Å². The lowest BCUT2D eigenvalue weighted by molar-refractivity contribution is -0.387. The minimum Gasteiger partial charge on any atom is -0.355 e. The second-order valence-electron chi connectivity index (χ2n) is 6.93. The average Bonchev–Trinajstić information content (AvgIpc) is 2.71. The van der Waals surface area contributed by atoms with Crippen molar-refractivity contribution in [2.45, 2.75) is 31.7 Å². The van der Waals surface area contributed by atoms with Gasteiger partial charge in [0.15, 0.2) is 0 Å². The lowest BCUT2D eigenvalue weighted by atomic mass is 10.1. The van der Waals surface area contributed by atoms with E-state index in [-0.39, 0.29) is 23.7 Å². The van der Waals surface area contributed by atoms with Gasteiger partial charge in [0, 0.05) is 30.8 Å². The Morgan fingerprint density at radius 2 is 1.83 bits per heavy atom. The molecule has 0 saturated carbocycles. The number of hydrogen-bond acceptors (Lipinski definition) is 5. The molecule has 0 aliphatic carbocycles. The molecule has 2 aromatic carbocycles. The molecular formula is C21H25N3O4S. The Hall–Kier alpha value is -2.87. The Balaban J connectivity index is 2.08. The summed E-state index contributed by atoms with van der Waals surface area (Å²) in [6.07, 6.45) is 0.958. The van der Waals surface area contributed by atoms with E-state index in [1.54, 1.807) is 43.4 Å². The monoisotopic (exact) mass is 415 g/mol. The van der Waals surface area contributed by atoms with Gasteiger partial charge < -0.3 is 10.6 Å². The number of nitro groups is 1. The number of carbonyl (C=O) groups is 2. The van der Waals surface area contributed by atoms with E-state index in [0.29, 0.717) is 16.4 Å². The molecule has 0 bridgehead atoms. The minimum absolute atomic E-state index is 0.0620. The van der Waals surface area contributed by atoms with Crippen molar-refractivity contribution < 1.29 is 14.5 Å². The van der Waals surface area contributed by atoms with Gasteiger partial charge in [-0.25, -0.2) is 0 Å². The first-order valence-corrected chi connectivity index (χ1v) is 10.3. The number of hydrogen-bond donors (Lipinski definition) is 2. The zero-order valence-electron chi connectivity index (χ0n) is 16.7. The molecule has 7 nitrogen and oxygen atoms in total. The maximum absolute atomic E-state index is 12.5. The molecule has 0 radical (unpaired) electrons. The lowest BCUT2D eigenvalue weighted by Gasteiger charge is -2.09. The summed E-state index contributed by atoms with van der Waals surface area (Å²) in [5.74, 6) is 0.691. The van der Waals surface area contributed by atoms with E-state index in [0.717, 1.165) is 17.7 Å². The van der Waals surface area contributed by atoms with Crippen molar-refractivity contribution in [3.05, 3.63) is 69.3 Å². The molecule has 0 fully saturated rings. The molecule has 0 spiro atoms. The van der Waals surface area contributed by atoms with Crippen molar-refractivity contribution >= 4 is 29.3 Å². The summed E-state index contributed by atoms with van der Waals surface area (Å²) in [5, 5.41) is 16.7. The van der Waals surface area contributed by atoms with Crippen LogP contribution in [0.15, 0.2) is 47.4 Å². The third kappa shape index (κ3) is 6.60. The number of benzene rings is 2. The number of nitro benzene ring substituents is 1. The Morgan fingerprint density at radius 3 is 2.48 bits per heavy atom. The van der Waals surface area contributed by atoms with Crippen molar-refractivity contribution in [1.82, 2.24) is 10.6 Å². The summed E-state index contributed by atoms with van der Waals surface area (Å²) in [7, 11) is 1.55. The molecule has 154 valence electrons. The zero-order valence-corrected chi connectivity index (χ0v) is 17.5. The van der Waals surface area contributed by atoms with E-state index in [1.807, 2.05) is 0 Å². The molecular weight excluding hydrogens is 390 g/mol. The van der Waals surface area contributed by atoms with Crippen molar-refractivity contribution in [3.63, 3.8) is 0 Å². The Bertz CT molecular complexity index is 899. The second kappa shape index (κ2) is 10.6. The fraction of sp³-hybridized carbons (Fsp3) is 0.333. The van der Waals surface area contributed by atoms with Crippen molar-refractivity contribution in [2.75, 3.05) is 12.8 Å². The molecule has 0 heterocycles. The Morgan fingerprint density at radius 1 is 1.10 bits per heavy atom. The lowest BCUT2D eigenvalue weighted by Crippen LogP contribution is -2.23. The van der Waals surface area contributed by atoms with E-state index in [4.69, 9.17) is 0 Å². The summed E-state index contributed by atoms with van der Waals surface area (Å²) in [6.45, 7) is 4.42. The molecule has 0 atom stereocenters. The maximum atomic E-state index is 12.5. The quantitative estimate of drug-likeness (QED) is 0.366. The molecule has 0 aliphatic rings. The predicted molar refractivity (Wildman–Crippen MR) is 114 cm³/mol. The first-order chi connectivity index (χ1) is 13.8. The number of rotatable bonds is 9. The standard InChI is InChI=1S/C21H25N3O4S/c1-14(2)9-10-29-19-8-7-17(12-18(19)24(27)28)21(26)23-13-15-5-4-6-16(11-15)20(25)22-3/h4-8,11-12,14H,9-10,13H2,1-3H3,(H,22,25)(H,23,26). The summed E-state index contributed by atoms with van der Waals surface area (Å²) in [4.78, 5) is 35.7. The van der Waals surface area contributed by atoms with Crippen LogP contribution in [0.3, 0.4) is 0 Å². The molecule has 2 amide bonds. The molecule has 0 unspecified atom stereocenters. The molecule has 0 aliphatic heterocycles. The third-order valence-electron chi connectivity index (χ3n) is 4.24. The van der Waals surface area contributed by atoms with Gasteiger partial charge in [-0.05, 0) is 47.9 Å². The van der Waals surface area contributed by atoms with Crippen LogP contribution in [0.1, 0.15) is 46.5 Å².